The number of hydrogen-bond donors (Lipinski definition) is 1. The number of primary amides is 1. The average molecular weight is 445 g/mol. The van der Waals surface area contributed by atoms with Crippen molar-refractivity contribution in [2.75, 3.05) is 7.11 Å². The van der Waals surface area contributed by atoms with E-state index in [9.17, 15) is 4.79 Å². The number of methoxy groups -OCH3 is 1. The molecule has 0 spiro atoms. The Morgan fingerprint density at radius 1 is 0.969 bits per heavy atom. The van der Waals surface area contributed by atoms with Crippen LogP contribution in [0.5, 0.6) is 5.75 Å². The first kappa shape index (κ1) is 21.6. The monoisotopic (exact) mass is 444 g/mol. The van der Waals surface area contributed by atoms with Crippen LogP contribution < -0.4 is 10.5 Å². The van der Waals surface area contributed by atoms with E-state index in [2.05, 4.69) is 26.9 Å². The third-order valence-corrected chi connectivity index (χ3v) is 6.15. The molecule has 3 aromatic carbocycles. The zero-order chi connectivity index (χ0) is 22.3. The molecule has 1 amide bonds. The van der Waals surface area contributed by atoms with Gasteiger partial charge in [-0.1, -0.05) is 54.2 Å². The van der Waals surface area contributed by atoms with Crippen LogP contribution in [0.25, 0.3) is 11.4 Å². The first-order valence-corrected chi connectivity index (χ1v) is 11.3. The molecule has 0 aliphatic heterocycles. The maximum absolute atomic E-state index is 11.5. The summed E-state index contributed by atoms with van der Waals surface area (Å²) < 4.78 is 7.43. The number of aryl methyl sites for hydroxylation is 1. The topological polar surface area (TPSA) is 83.0 Å². The van der Waals surface area contributed by atoms with E-state index in [1.807, 2.05) is 60.7 Å². The maximum atomic E-state index is 11.5. The molecule has 1 heterocycles. The molecule has 0 radical (unpaired) electrons. The first-order valence-electron chi connectivity index (χ1n) is 10.3. The highest BCUT2D eigenvalue weighted by atomic mass is 32.2. The van der Waals surface area contributed by atoms with Crippen LogP contribution in [0.4, 0.5) is 0 Å². The fourth-order valence-electron chi connectivity index (χ4n) is 3.40. The number of carbonyl (C=O) groups excluding carboxylic acids is 1. The molecule has 0 atom stereocenters. The zero-order valence-corrected chi connectivity index (χ0v) is 18.6. The van der Waals surface area contributed by atoms with Gasteiger partial charge in [0.1, 0.15) is 5.75 Å². The molecule has 0 saturated heterocycles. The van der Waals surface area contributed by atoms with Crippen molar-refractivity contribution in [2.45, 2.75) is 23.9 Å². The third kappa shape index (κ3) is 5.18. The van der Waals surface area contributed by atoms with Crippen LogP contribution >= 0.6 is 11.8 Å². The van der Waals surface area contributed by atoms with Gasteiger partial charge in [0, 0.05) is 23.4 Å². The number of nitrogens with two attached hydrogens (primary N) is 1. The Kier molecular flexibility index (Phi) is 6.87. The molecule has 6 nitrogen and oxygen atoms in total. The summed E-state index contributed by atoms with van der Waals surface area (Å²) in [4.78, 5) is 11.5. The number of carbonyl (C=O) groups is 1. The van der Waals surface area contributed by atoms with Gasteiger partial charge in [0.2, 0.25) is 5.91 Å². The smallest absolute Gasteiger partial charge is 0.248 e. The van der Waals surface area contributed by atoms with E-state index in [1.54, 1.807) is 24.9 Å². The number of amides is 1. The lowest BCUT2D eigenvalue weighted by Gasteiger charge is -2.11. The van der Waals surface area contributed by atoms with Gasteiger partial charge in [0.05, 0.1) is 7.11 Å². The van der Waals surface area contributed by atoms with Gasteiger partial charge in [0.25, 0.3) is 0 Å². The van der Waals surface area contributed by atoms with Crippen LogP contribution in [-0.2, 0) is 18.7 Å². The summed E-state index contributed by atoms with van der Waals surface area (Å²) in [6.45, 7) is 0.752. The summed E-state index contributed by atoms with van der Waals surface area (Å²) in [6, 6.07) is 25.6. The van der Waals surface area contributed by atoms with Crippen LogP contribution in [0.15, 0.2) is 84.0 Å². The summed E-state index contributed by atoms with van der Waals surface area (Å²) in [5.41, 5.74) is 9.17. The summed E-state index contributed by atoms with van der Waals surface area (Å²) in [6.07, 6.45) is 0.868. The minimum atomic E-state index is -0.426. The van der Waals surface area contributed by atoms with E-state index in [0.717, 1.165) is 40.8 Å². The molecule has 2 N–H and O–H groups in total. The van der Waals surface area contributed by atoms with Crippen LogP contribution in [0.3, 0.4) is 0 Å². The lowest BCUT2D eigenvalue weighted by Crippen LogP contribution is -2.10. The number of ether oxygens (including phenoxy) is 1. The van der Waals surface area contributed by atoms with Gasteiger partial charge in [-0.15, -0.1) is 10.2 Å². The molecule has 0 unspecified atom stereocenters. The molecule has 0 saturated carbocycles. The number of benzene rings is 3. The summed E-state index contributed by atoms with van der Waals surface area (Å²) in [7, 11) is 1.65. The molecule has 0 aliphatic carbocycles. The van der Waals surface area contributed by atoms with Crippen molar-refractivity contribution >= 4 is 17.7 Å². The van der Waals surface area contributed by atoms with Crippen LogP contribution in [0.1, 0.15) is 21.5 Å². The molecular weight excluding hydrogens is 420 g/mol. The van der Waals surface area contributed by atoms with Crippen molar-refractivity contribution in [3.63, 3.8) is 0 Å². The highest BCUT2D eigenvalue weighted by Crippen LogP contribution is 2.28. The standard InChI is InChI=1S/C25H24N4O2S/c1-31-22-12-10-20(11-13-22)24-27-28-25(29(24)15-14-18-6-3-2-4-7-18)32-17-19-8-5-9-21(16-19)23(26)30/h2-13,16H,14-15,17H2,1H3,(H2,26,30). The number of nitrogens with zero attached hydrogens (tertiary/aromatic N) is 3. The summed E-state index contributed by atoms with van der Waals surface area (Å²) >= 11 is 1.59. The SMILES string of the molecule is COc1ccc(-c2nnc(SCc3cccc(C(N)=O)c3)n2CCc2ccccc2)cc1. The molecule has 4 aromatic rings. The van der Waals surface area contributed by atoms with E-state index in [-0.39, 0.29) is 0 Å². The zero-order valence-electron chi connectivity index (χ0n) is 17.8. The first-order chi connectivity index (χ1) is 15.6. The van der Waals surface area contributed by atoms with E-state index in [4.69, 9.17) is 10.5 Å². The molecule has 1 aromatic heterocycles. The predicted octanol–water partition coefficient (Wildman–Crippen LogP) is 4.59. The van der Waals surface area contributed by atoms with Crippen molar-refractivity contribution in [2.24, 2.45) is 5.73 Å². The minimum Gasteiger partial charge on any atom is -0.497 e. The van der Waals surface area contributed by atoms with E-state index in [0.29, 0.717) is 11.3 Å². The number of aromatic nitrogens is 3. The summed E-state index contributed by atoms with van der Waals surface area (Å²) in [5.74, 6) is 1.85. The minimum absolute atomic E-state index is 0.426. The Morgan fingerprint density at radius 3 is 2.44 bits per heavy atom. The molecule has 4 rings (SSSR count). The molecule has 0 bridgehead atoms. The Balaban J connectivity index is 1.59. The van der Waals surface area contributed by atoms with E-state index >= 15 is 0 Å². The van der Waals surface area contributed by atoms with Gasteiger partial charge in [-0.3, -0.25) is 4.79 Å². The quantitative estimate of drug-likeness (QED) is 0.382. The fourth-order valence-corrected chi connectivity index (χ4v) is 4.31. The molecular formula is C25H24N4O2S. The summed E-state index contributed by atoms with van der Waals surface area (Å²) in [5, 5.41) is 9.79. The lowest BCUT2D eigenvalue weighted by molar-refractivity contribution is 0.1000. The van der Waals surface area contributed by atoms with Crippen molar-refractivity contribution < 1.29 is 9.53 Å². The second-order valence-corrected chi connectivity index (χ2v) is 8.22. The molecule has 32 heavy (non-hydrogen) atoms. The van der Waals surface area contributed by atoms with Crippen LogP contribution in [-0.4, -0.2) is 27.8 Å². The molecule has 0 aliphatic rings. The van der Waals surface area contributed by atoms with Gasteiger partial charge >= 0.3 is 0 Å². The van der Waals surface area contributed by atoms with E-state index < -0.39 is 5.91 Å². The van der Waals surface area contributed by atoms with E-state index in [1.165, 1.54) is 5.56 Å². The average Bonchev–Trinajstić information content (AvgIpc) is 3.25. The largest absolute Gasteiger partial charge is 0.497 e. The second-order valence-electron chi connectivity index (χ2n) is 7.28. The highest BCUT2D eigenvalue weighted by Gasteiger charge is 2.15. The predicted molar refractivity (Wildman–Crippen MR) is 127 cm³/mol. The van der Waals surface area contributed by atoms with Crippen molar-refractivity contribution in [3.8, 4) is 17.1 Å². The van der Waals surface area contributed by atoms with Crippen molar-refractivity contribution in [1.29, 1.82) is 0 Å². The Bertz CT molecular complexity index is 1190. The van der Waals surface area contributed by atoms with Crippen LogP contribution in [0, 0.1) is 0 Å². The normalized spacial score (nSPS) is 10.8. The van der Waals surface area contributed by atoms with Gasteiger partial charge in [0.15, 0.2) is 11.0 Å². The van der Waals surface area contributed by atoms with Gasteiger partial charge in [-0.05, 0) is 53.9 Å². The molecule has 0 fully saturated rings. The van der Waals surface area contributed by atoms with Gasteiger partial charge < -0.3 is 15.0 Å². The third-order valence-electron chi connectivity index (χ3n) is 5.11. The molecule has 162 valence electrons. The number of hydrogen-bond acceptors (Lipinski definition) is 5. The second kappa shape index (κ2) is 10.2. The van der Waals surface area contributed by atoms with Crippen molar-refractivity contribution in [3.05, 3.63) is 95.6 Å². The Labute approximate surface area is 191 Å². The van der Waals surface area contributed by atoms with Gasteiger partial charge in [-0.2, -0.15) is 0 Å². The molecule has 7 heteroatoms. The maximum Gasteiger partial charge on any atom is 0.248 e. The Morgan fingerprint density at radius 2 is 1.72 bits per heavy atom. The highest BCUT2D eigenvalue weighted by molar-refractivity contribution is 7.98. The number of rotatable bonds is 9. The lowest BCUT2D eigenvalue weighted by atomic mass is 10.1. The fraction of sp³-hybridized carbons (Fsp3) is 0.160. The van der Waals surface area contributed by atoms with Crippen LogP contribution in [0.2, 0.25) is 0 Å². The Hall–Kier alpha value is -3.58. The van der Waals surface area contributed by atoms with Crippen molar-refractivity contribution in [1.82, 2.24) is 14.8 Å². The van der Waals surface area contributed by atoms with Gasteiger partial charge in [-0.25, -0.2) is 0 Å². The number of thioether (sulfide) groups is 1.